The van der Waals surface area contributed by atoms with Crippen LogP contribution in [-0.4, -0.2) is 26.2 Å². The van der Waals surface area contributed by atoms with Crippen molar-refractivity contribution in [1.29, 1.82) is 0 Å². The van der Waals surface area contributed by atoms with E-state index in [4.69, 9.17) is 9.47 Å². The van der Waals surface area contributed by atoms with Gasteiger partial charge in [0.1, 0.15) is 0 Å². The molecule has 0 saturated heterocycles. The first-order valence-electron chi connectivity index (χ1n) is 7.50. The molecule has 0 bridgehead atoms. The number of carbonyl (C=O) groups is 2. The molecule has 0 fully saturated rings. The van der Waals surface area contributed by atoms with E-state index in [0.717, 1.165) is 12.8 Å². The van der Waals surface area contributed by atoms with Crippen LogP contribution in [0.4, 0.5) is 0 Å². The van der Waals surface area contributed by atoms with Gasteiger partial charge in [-0.2, -0.15) is 0 Å². The maximum absolute atomic E-state index is 11.8. The van der Waals surface area contributed by atoms with Gasteiger partial charge in [0.2, 0.25) is 0 Å². The molecule has 0 N–H and O–H groups in total. The van der Waals surface area contributed by atoms with Crippen LogP contribution in [-0.2, 0) is 19.1 Å². The second-order valence-corrected chi connectivity index (χ2v) is 4.81. The summed E-state index contributed by atoms with van der Waals surface area (Å²) < 4.78 is 9.51. The van der Waals surface area contributed by atoms with Crippen LogP contribution in [0, 0.1) is 0 Å². The Labute approximate surface area is 122 Å². The third kappa shape index (κ3) is 6.73. The lowest BCUT2D eigenvalue weighted by molar-refractivity contribution is -0.139. The predicted molar refractivity (Wildman–Crippen MR) is 79.3 cm³/mol. The van der Waals surface area contributed by atoms with Gasteiger partial charge in [0.05, 0.1) is 14.2 Å². The van der Waals surface area contributed by atoms with Crippen molar-refractivity contribution in [2.24, 2.45) is 0 Å². The number of rotatable bonds is 10. The van der Waals surface area contributed by atoms with Crippen molar-refractivity contribution < 1.29 is 19.1 Å². The molecule has 0 aromatic rings. The molecule has 20 heavy (non-hydrogen) atoms. The average molecular weight is 284 g/mol. The van der Waals surface area contributed by atoms with Gasteiger partial charge in [-0.3, -0.25) is 0 Å². The van der Waals surface area contributed by atoms with Crippen LogP contribution in [0.15, 0.2) is 11.1 Å². The summed E-state index contributed by atoms with van der Waals surface area (Å²) >= 11 is 0. The quantitative estimate of drug-likeness (QED) is 0.348. The van der Waals surface area contributed by atoms with E-state index in [0.29, 0.717) is 24.0 Å². The highest BCUT2D eigenvalue weighted by atomic mass is 16.5. The molecular formula is C16H28O4. The molecular weight excluding hydrogens is 256 g/mol. The maximum atomic E-state index is 11.8. The fraction of sp³-hybridized carbons (Fsp3) is 0.750. The largest absolute Gasteiger partial charge is 0.466 e. The van der Waals surface area contributed by atoms with Gasteiger partial charge in [-0.15, -0.1) is 0 Å². The van der Waals surface area contributed by atoms with E-state index in [1.807, 2.05) is 6.92 Å². The minimum Gasteiger partial charge on any atom is -0.466 e. The van der Waals surface area contributed by atoms with E-state index in [-0.39, 0.29) is 0 Å². The lowest BCUT2D eigenvalue weighted by Gasteiger charge is -2.11. The van der Waals surface area contributed by atoms with Gasteiger partial charge in [-0.1, -0.05) is 46.0 Å². The zero-order valence-corrected chi connectivity index (χ0v) is 13.3. The number of ether oxygens (including phenoxy) is 2. The summed E-state index contributed by atoms with van der Waals surface area (Å²) in [6, 6.07) is 0. The number of methoxy groups -OCH3 is 2. The monoisotopic (exact) mass is 284 g/mol. The van der Waals surface area contributed by atoms with Crippen molar-refractivity contribution in [1.82, 2.24) is 0 Å². The highest BCUT2D eigenvalue weighted by Crippen LogP contribution is 2.19. The Morgan fingerprint density at radius 1 is 0.750 bits per heavy atom. The smallest absolute Gasteiger partial charge is 0.334 e. The molecule has 0 aromatic carbocycles. The molecule has 0 radical (unpaired) electrons. The second-order valence-electron chi connectivity index (χ2n) is 4.81. The van der Waals surface area contributed by atoms with Crippen molar-refractivity contribution in [3.8, 4) is 0 Å². The molecule has 0 amide bonds. The summed E-state index contributed by atoms with van der Waals surface area (Å²) in [5.74, 6) is -0.848. The van der Waals surface area contributed by atoms with Crippen LogP contribution in [0.1, 0.15) is 65.2 Å². The Bertz CT molecular complexity index is 331. The number of hydrogen-bond acceptors (Lipinski definition) is 4. The molecule has 0 rings (SSSR count). The Morgan fingerprint density at radius 2 is 1.25 bits per heavy atom. The van der Waals surface area contributed by atoms with Crippen molar-refractivity contribution in [3.63, 3.8) is 0 Å². The van der Waals surface area contributed by atoms with Gasteiger partial charge >= 0.3 is 11.9 Å². The maximum Gasteiger partial charge on any atom is 0.334 e. The topological polar surface area (TPSA) is 52.6 Å². The first-order valence-corrected chi connectivity index (χ1v) is 7.50. The van der Waals surface area contributed by atoms with Crippen molar-refractivity contribution in [3.05, 3.63) is 11.1 Å². The molecule has 0 aliphatic rings. The van der Waals surface area contributed by atoms with Gasteiger partial charge < -0.3 is 9.47 Å². The fourth-order valence-electron chi connectivity index (χ4n) is 2.19. The molecule has 0 aliphatic heterocycles. The van der Waals surface area contributed by atoms with Gasteiger partial charge in [-0.05, 0) is 19.3 Å². The van der Waals surface area contributed by atoms with Crippen LogP contribution >= 0.6 is 0 Å². The summed E-state index contributed by atoms with van der Waals surface area (Å²) in [5, 5.41) is 0. The molecule has 0 aromatic heterocycles. The molecule has 4 nitrogen and oxygen atoms in total. The van der Waals surface area contributed by atoms with E-state index < -0.39 is 11.9 Å². The summed E-state index contributed by atoms with van der Waals surface area (Å²) in [6.45, 7) is 4.03. The van der Waals surface area contributed by atoms with E-state index in [1.165, 1.54) is 39.9 Å². The zero-order chi connectivity index (χ0) is 15.4. The predicted octanol–water partition coefficient (Wildman–Crippen LogP) is 3.79. The van der Waals surface area contributed by atoms with Crippen LogP contribution in [0.2, 0.25) is 0 Å². The number of unbranched alkanes of at least 4 members (excludes halogenated alkanes) is 5. The first kappa shape index (κ1) is 18.7. The Morgan fingerprint density at radius 3 is 1.75 bits per heavy atom. The molecule has 116 valence electrons. The lowest BCUT2D eigenvalue weighted by Crippen LogP contribution is -2.14. The van der Waals surface area contributed by atoms with E-state index in [2.05, 4.69) is 6.92 Å². The zero-order valence-electron chi connectivity index (χ0n) is 13.3. The molecule has 0 unspecified atom stereocenters. The van der Waals surface area contributed by atoms with Gasteiger partial charge in [0.15, 0.2) is 0 Å². The lowest BCUT2D eigenvalue weighted by atomic mass is 9.99. The normalized spacial score (nSPS) is 11.8. The summed E-state index contributed by atoms with van der Waals surface area (Å²) in [4.78, 5) is 23.5. The standard InChI is InChI=1S/C16H28O4/c1-5-7-8-9-10-11-12-14(16(18)20-4)13(6-2)15(17)19-3/h5-12H2,1-4H3. The van der Waals surface area contributed by atoms with Crippen molar-refractivity contribution in [2.45, 2.75) is 65.2 Å². The third-order valence-corrected chi connectivity index (χ3v) is 3.36. The van der Waals surface area contributed by atoms with Crippen LogP contribution in [0.5, 0.6) is 0 Å². The summed E-state index contributed by atoms with van der Waals surface area (Å²) in [7, 11) is 2.67. The van der Waals surface area contributed by atoms with Crippen molar-refractivity contribution >= 4 is 11.9 Å². The van der Waals surface area contributed by atoms with E-state index in [1.54, 1.807) is 0 Å². The summed E-state index contributed by atoms with van der Waals surface area (Å²) in [5.41, 5.74) is 0.908. The molecule has 0 aliphatic carbocycles. The van der Waals surface area contributed by atoms with Gasteiger partial charge in [0, 0.05) is 11.1 Å². The van der Waals surface area contributed by atoms with E-state index >= 15 is 0 Å². The Balaban J connectivity index is 4.60. The molecule has 0 saturated carbocycles. The van der Waals surface area contributed by atoms with E-state index in [9.17, 15) is 9.59 Å². The SMILES string of the molecule is CCCCCCCCC(C(=O)OC)=C(CC)C(=O)OC. The average Bonchev–Trinajstić information content (AvgIpc) is 2.48. The Hall–Kier alpha value is -1.32. The number of esters is 2. The fourth-order valence-corrected chi connectivity index (χ4v) is 2.19. The molecule has 0 spiro atoms. The minimum absolute atomic E-state index is 0.416. The number of carbonyl (C=O) groups excluding carboxylic acids is 2. The Kier molecular flexibility index (Phi) is 10.7. The highest BCUT2D eigenvalue weighted by molar-refractivity contribution is 6.00. The summed E-state index contributed by atoms with van der Waals surface area (Å²) in [6.07, 6.45) is 7.89. The van der Waals surface area contributed by atoms with Crippen LogP contribution in [0.25, 0.3) is 0 Å². The van der Waals surface area contributed by atoms with Crippen LogP contribution < -0.4 is 0 Å². The van der Waals surface area contributed by atoms with Crippen LogP contribution in [0.3, 0.4) is 0 Å². The molecule has 4 heteroatoms. The second kappa shape index (κ2) is 11.5. The van der Waals surface area contributed by atoms with Gasteiger partial charge in [-0.25, -0.2) is 9.59 Å². The van der Waals surface area contributed by atoms with Gasteiger partial charge in [0.25, 0.3) is 0 Å². The molecule has 0 heterocycles. The van der Waals surface area contributed by atoms with Crippen molar-refractivity contribution in [2.75, 3.05) is 14.2 Å². The highest BCUT2D eigenvalue weighted by Gasteiger charge is 2.20. The first-order chi connectivity index (χ1) is 9.62. The third-order valence-electron chi connectivity index (χ3n) is 3.36. The number of hydrogen-bond donors (Lipinski definition) is 0. The minimum atomic E-state index is -0.432. The molecule has 0 atom stereocenters.